The SMILES string of the molecule is CSc1ccccc1CC(=O)N1CCNC(=O)CC1. The molecule has 2 rings (SSSR count). The van der Waals surface area contributed by atoms with Crippen LogP contribution in [0, 0.1) is 0 Å². The largest absolute Gasteiger partial charge is 0.354 e. The van der Waals surface area contributed by atoms with Crippen LogP contribution in [-0.4, -0.2) is 42.6 Å². The molecule has 102 valence electrons. The Balaban J connectivity index is 2.02. The van der Waals surface area contributed by atoms with E-state index in [4.69, 9.17) is 0 Å². The van der Waals surface area contributed by atoms with Crippen molar-refractivity contribution >= 4 is 23.6 Å². The molecule has 1 fully saturated rings. The van der Waals surface area contributed by atoms with Crippen molar-refractivity contribution in [3.8, 4) is 0 Å². The second-order valence-corrected chi connectivity index (χ2v) is 5.32. The first-order valence-electron chi connectivity index (χ1n) is 6.37. The second-order valence-electron chi connectivity index (χ2n) is 4.47. The molecule has 0 aromatic heterocycles. The molecule has 19 heavy (non-hydrogen) atoms. The van der Waals surface area contributed by atoms with Gasteiger partial charge in [-0.1, -0.05) is 18.2 Å². The summed E-state index contributed by atoms with van der Waals surface area (Å²) in [5.41, 5.74) is 1.06. The molecule has 0 atom stereocenters. The smallest absolute Gasteiger partial charge is 0.227 e. The molecule has 1 aromatic rings. The molecule has 1 heterocycles. The molecule has 0 radical (unpaired) electrons. The highest BCUT2D eigenvalue weighted by molar-refractivity contribution is 7.98. The van der Waals surface area contributed by atoms with Crippen LogP contribution >= 0.6 is 11.8 Å². The Hall–Kier alpha value is -1.49. The van der Waals surface area contributed by atoms with Gasteiger partial charge >= 0.3 is 0 Å². The van der Waals surface area contributed by atoms with Crippen LogP contribution in [-0.2, 0) is 16.0 Å². The lowest BCUT2D eigenvalue weighted by molar-refractivity contribution is -0.130. The summed E-state index contributed by atoms with van der Waals surface area (Å²) in [4.78, 5) is 26.4. The van der Waals surface area contributed by atoms with E-state index in [9.17, 15) is 9.59 Å². The fourth-order valence-electron chi connectivity index (χ4n) is 2.14. The van der Waals surface area contributed by atoms with E-state index in [-0.39, 0.29) is 11.8 Å². The maximum absolute atomic E-state index is 12.3. The summed E-state index contributed by atoms with van der Waals surface area (Å²) in [5.74, 6) is 0.123. The van der Waals surface area contributed by atoms with E-state index in [2.05, 4.69) is 5.32 Å². The molecule has 5 heteroatoms. The Morgan fingerprint density at radius 2 is 2.16 bits per heavy atom. The minimum absolute atomic E-state index is 0.0276. The number of benzene rings is 1. The summed E-state index contributed by atoms with van der Waals surface area (Å²) in [5, 5.41) is 2.78. The standard InChI is InChI=1S/C14H18N2O2S/c1-19-12-5-3-2-4-11(12)10-14(18)16-8-6-13(17)15-7-9-16/h2-5H,6-10H2,1H3,(H,15,17). The molecule has 1 saturated heterocycles. The molecule has 1 aromatic carbocycles. The van der Waals surface area contributed by atoms with Gasteiger partial charge in [0.15, 0.2) is 0 Å². The van der Waals surface area contributed by atoms with E-state index in [1.807, 2.05) is 30.5 Å². The van der Waals surface area contributed by atoms with Crippen molar-refractivity contribution in [2.45, 2.75) is 17.7 Å². The number of nitrogens with one attached hydrogen (secondary N) is 1. The van der Waals surface area contributed by atoms with Crippen LogP contribution in [0.3, 0.4) is 0 Å². The third kappa shape index (κ3) is 3.73. The monoisotopic (exact) mass is 278 g/mol. The number of thioether (sulfide) groups is 1. The summed E-state index contributed by atoms with van der Waals surface area (Å²) < 4.78 is 0. The number of hydrogen-bond acceptors (Lipinski definition) is 3. The predicted molar refractivity (Wildman–Crippen MR) is 76.1 cm³/mol. The van der Waals surface area contributed by atoms with E-state index < -0.39 is 0 Å². The first-order valence-corrected chi connectivity index (χ1v) is 7.59. The van der Waals surface area contributed by atoms with Gasteiger partial charge in [0.25, 0.3) is 0 Å². The summed E-state index contributed by atoms with van der Waals surface area (Å²) in [6.07, 6.45) is 2.82. The van der Waals surface area contributed by atoms with Crippen molar-refractivity contribution in [2.75, 3.05) is 25.9 Å². The predicted octanol–water partition coefficient (Wildman–Crippen LogP) is 1.30. The molecule has 0 bridgehead atoms. The van der Waals surface area contributed by atoms with Gasteiger partial charge in [-0.2, -0.15) is 0 Å². The number of rotatable bonds is 3. The lowest BCUT2D eigenvalue weighted by Gasteiger charge is -2.20. The summed E-state index contributed by atoms with van der Waals surface area (Å²) in [7, 11) is 0. The Kier molecular flexibility index (Phi) is 4.85. The van der Waals surface area contributed by atoms with Crippen LogP contribution in [0.1, 0.15) is 12.0 Å². The Labute approximate surface area is 117 Å². The molecular formula is C14H18N2O2S. The Morgan fingerprint density at radius 3 is 2.95 bits per heavy atom. The van der Waals surface area contributed by atoms with Crippen LogP contribution in [0.25, 0.3) is 0 Å². The van der Waals surface area contributed by atoms with E-state index in [0.717, 1.165) is 10.5 Å². The number of carbonyl (C=O) groups excluding carboxylic acids is 2. The lowest BCUT2D eigenvalue weighted by Crippen LogP contribution is -2.35. The minimum atomic E-state index is 0.0276. The summed E-state index contributed by atoms with van der Waals surface area (Å²) in [6, 6.07) is 7.95. The van der Waals surface area contributed by atoms with Gasteiger partial charge in [-0.15, -0.1) is 11.8 Å². The molecule has 0 saturated carbocycles. The molecule has 4 nitrogen and oxygen atoms in total. The van der Waals surface area contributed by atoms with Gasteiger partial charge in [-0.05, 0) is 17.9 Å². The second kappa shape index (κ2) is 6.61. The van der Waals surface area contributed by atoms with Gasteiger partial charge in [-0.3, -0.25) is 9.59 Å². The molecule has 1 aliphatic rings. The maximum atomic E-state index is 12.3. The fraction of sp³-hybridized carbons (Fsp3) is 0.429. The van der Waals surface area contributed by atoms with Crippen molar-refractivity contribution in [3.05, 3.63) is 29.8 Å². The zero-order valence-electron chi connectivity index (χ0n) is 11.0. The van der Waals surface area contributed by atoms with E-state index in [0.29, 0.717) is 32.5 Å². The molecular weight excluding hydrogens is 260 g/mol. The molecule has 1 N–H and O–H groups in total. The quantitative estimate of drug-likeness (QED) is 0.848. The average molecular weight is 278 g/mol. The molecule has 1 aliphatic heterocycles. The summed E-state index contributed by atoms with van der Waals surface area (Å²) in [6.45, 7) is 1.67. The van der Waals surface area contributed by atoms with Crippen molar-refractivity contribution in [1.82, 2.24) is 10.2 Å². The van der Waals surface area contributed by atoms with Gasteiger partial charge in [-0.25, -0.2) is 0 Å². The number of nitrogens with zero attached hydrogens (tertiary/aromatic N) is 1. The molecule has 0 spiro atoms. The summed E-state index contributed by atoms with van der Waals surface area (Å²) >= 11 is 1.65. The van der Waals surface area contributed by atoms with Crippen molar-refractivity contribution in [2.24, 2.45) is 0 Å². The highest BCUT2D eigenvalue weighted by atomic mass is 32.2. The number of amides is 2. The van der Waals surface area contributed by atoms with Crippen LogP contribution < -0.4 is 5.32 Å². The average Bonchev–Trinajstić information content (AvgIpc) is 2.64. The highest BCUT2D eigenvalue weighted by Crippen LogP contribution is 2.20. The fourth-order valence-corrected chi connectivity index (χ4v) is 2.76. The van der Waals surface area contributed by atoms with E-state index in [1.54, 1.807) is 16.7 Å². The first kappa shape index (κ1) is 13.9. The first-order chi connectivity index (χ1) is 9.20. The van der Waals surface area contributed by atoms with Crippen LogP contribution in [0.15, 0.2) is 29.2 Å². The van der Waals surface area contributed by atoms with E-state index >= 15 is 0 Å². The third-order valence-corrected chi connectivity index (χ3v) is 4.04. The van der Waals surface area contributed by atoms with Crippen LogP contribution in [0.4, 0.5) is 0 Å². The van der Waals surface area contributed by atoms with Crippen molar-refractivity contribution < 1.29 is 9.59 Å². The lowest BCUT2D eigenvalue weighted by atomic mass is 10.1. The highest BCUT2D eigenvalue weighted by Gasteiger charge is 2.19. The van der Waals surface area contributed by atoms with Crippen molar-refractivity contribution in [1.29, 1.82) is 0 Å². The normalized spacial score (nSPS) is 15.8. The molecule has 2 amide bonds. The maximum Gasteiger partial charge on any atom is 0.227 e. The van der Waals surface area contributed by atoms with Gasteiger partial charge in [0.2, 0.25) is 11.8 Å². The van der Waals surface area contributed by atoms with Crippen LogP contribution in [0.5, 0.6) is 0 Å². The zero-order chi connectivity index (χ0) is 13.7. The zero-order valence-corrected chi connectivity index (χ0v) is 11.8. The molecule has 0 unspecified atom stereocenters. The number of carbonyl (C=O) groups is 2. The topological polar surface area (TPSA) is 49.4 Å². The van der Waals surface area contributed by atoms with Crippen molar-refractivity contribution in [3.63, 3.8) is 0 Å². The van der Waals surface area contributed by atoms with Gasteiger partial charge in [0.05, 0.1) is 6.42 Å². The van der Waals surface area contributed by atoms with Gasteiger partial charge < -0.3 is 10.2 Å². The minimum Gasteiger partial charge on any atom is -0.354 e. The van der Waals surface area contributed by atoms with Gasteiger partial charge in [0, 0.05) is 31.0 Å². The molecule has 0 aliphatic carbocycles. The Bertz CT molecular complexity index is 476. The third-order valence-electron chi connectivity index (χ3n) is 3.20. The van der Waals surface area contributed by atoms with Gasteiger partial charge in [0.1, 0.15) is 0 Å². The van der Waals surface area contributed by atoms with E-state index in [1.165, 1.54) is 0 Å². The Morgan fingerprint density at radius 1 is 1.37 bits per heavy atom. The number of hydrogen-bond donors (Lipinski definition) is 1. The van der Waals surface area contributed by atoms with Crippen LogP contribution in [0.2, 0.25) is 0 Å².